The topological polar surface area (TPSA) is 116 Å². The van der Waals surface area contributed by atoms with Crippen LogP contribution in [0.4, 0.5) is 17.2 Å². The van der Waals surface area contributed by atoms with E-state index in [4.69, 9.17) is 5.21 Å². The molecule has 0 aliphatic carbocycles. The molecule has 0 saturated heterocycles. The van der Waals surface area contributed by atoms with Gasteiger partial charge in [-0.2, -0.15) is 0 Å². The zero-order valence-electron chi connectivity index (χ0n) is 19.8. The second-order valence-electron chi connectivity index (χ2n) is 9.23. The minimum absolute atomic E-state index is 0.0296. The lowest BCUT2D eigenvalue weighted by Gasteiger charge is -2.19. The molecule has 4 aromatic rings. The number of benzene rings is 3. The van der Waals surface area contributed by atoms with Gasteiger partial charge in [-0.05, 0) is 52.9 Å². The molecule has 1 heterocycles. The maximum atomic E-state index is 12.7. The number of hydrogen-bond donors (Lipinski definition) is 4. The zero-order valence-corrected chi connectivity index (χ0v) is 19.8. The molecule has 0 unspecified atom stereocenters. The minimum atomic E-state index is -0.664. The average Bonchev–Trinajstić information content (AvgIpc) is 2.84. The van der Waals surface area contributed by atoms with Gasteiger partial charge in [0.15, 0.2) is 0 Å². The van der Waals surface area contributed by atoms with E-state index in [0.29, 0.717) is 17.1 Å². The summed E-state index contributed by atoms with van der Waals surface area (Å²) in [6, 6.07) is 20.2. The normalized spacial score (nSPS) is 11.2. The van der Waals surface area contributed by atoms with Crippen LogP contribution >= 0.6 is 0 Å². The van der Waals surface area contributed by atoms with E-state index in [2.05, 4.69) is 53.5 Å². The van der Waals surface area contributed by atoms with E-state index in [9.17, 15) is 9.59 Å². The van der Waals surface area contributed by atoms with Crippen molar-refractivity contribution in [2.45, 2.75) is 32.6 Å². The van der Waals surface area contributed by atoms with Gasteiger partial charge >= 0.3 is 0 Å². The standard InChI is InChI=1S/C27H27N5O3/c1-27(2,3)18-8-10-19(11-9-18)31-25-22-15-20(12-13-23(22)28-16-29-25)30-24(33)14-17-6-4-5-7-21(17)26(34)32-35/h4-13,15-16,35H,14H2,1-3H3,(H,30,33)(H,32,34)(H,28,29,31). The van der Waals surface area contributed by atoms with Gasteiger partial charge in [0.2, 0.25) is 5.91 Å². The number of anilines is 3. The molecule has 178 valence electrons. The Morgan fingerprint density at radius 3 is 2.34 bits per heavy atom. The highest BCUT2D eigenvalue weighted by molar-refractivity contribution is 6.00. The predicted octanol–water partition coefficient (Wildman–Crippen LogP) is 4.97. The SMILES string of the molecule is CC(C)(C)c1ccc(Nc2ncnc3ccc(NC(=O)Cc4ccccc4C(=O)NO)cc23)cc1. The second-order valence-corrected chi connectivity index (χ2v) is 9.23. The monoisotopic (exact) mass is 469 g/mol. The van der Waals surface area contributed by atoms with E-state index in [-0.39, 0.29) is 23.3 Å². The summed E-state index contributed by atoms with van der Waals surface area (Å²) in [6.07, 6.45) is 1.47. The van der Waals surface area contributed by atoms with Crippen molar-refractivity contribution in [3.05, 3.63) is 89.7 Å². The van der Waals surface area contributed by atoms with E-state index in [1.165, 1.54) is 11.9 Å². The predicted molar refractivity (Wildman–Crippen MR) is 136 cm³/mol. The molecule has 3 aromatic carbocycles. The lowest BCUT2D eigenvalue weighted by Crippen LogP contribution is -2.22. The lowest BCUT2D eigenvalue weighted by molar-refractivity contribution is -0.115. The smallest absolute Gasteiger partial charge is 0.274 e. The number of fused-ring (bicyclic) bond motifs is 1. The Bertz CT molecular complexity index is 1380. The zero-order chi connectivity index (χ0) is 25.0. The third-order valence-electron chi connectivity index (χ3n) is 5.65. The summed E-state index contributed by atoms with van der Waals surface area (Å²) in [5, 5.41) is 15.9. The summed E-state index contributed by atoms with van der Waals surface area (Å²) >= 11 is 0. The van der Waals surface area contributed by atoms with Crippen molar-refractivity contribution >= 4 is 39.9 Å². The number of hydroxylamine groups is 1. The fraction of sp³-hybridized carbons (Fsp3) is 0.185. The summed E-state index contributed by atoms with van der Waals surface area (Å²) in [5.74, 6) is -0.339. The van der Waals surface area contributed by atoms with Crippen molar-refractivity contribution in [3.63, 3.8) is 0 Å². The van der Waals surface area contributed by atoms with Crippen molar-refractivity contribution < 1.29 is 14.8 Å². The molecule has 0 saturated carbocycles. The summed E-state index contributed by atoms with van der Waals surface area (Å²) in [6.45, 7) is 6.51. The van der Waals surface area contributed by atoms with Gasteiger partial charge in [0, 0.05) is 22.3 Å². The molecule has 0 fully saturated rings. The molecule has 8 heteroatoms. The highest BCUT2D eigenvalue weighted by Crippen LogP contribution is 2.28. The Morgan fingerprint density at radius 2 is 1.63 bits per heavy atom. The Labute approximate surface area is 203 Å². The van der Waals surface area contributed by atoms with E-state index >= 15 is 0 Å². The van der Waals surface area contributed by atoms with Gasteiger partial charge in [0.05, 0.1) is 11.9 Å². The Balaban J connectivity index is 1.54. The Hall–Kier alpha value is -4.30. The van der Waals surface area contributed by atoms with Crippen LogP contribution in [0.25, 0.3) is 10.9 Å². The Morgan fingerprint density at radius 1 is 0.914 bits per heavy atom. The quantitative estimate of drug-likeness (QED) is 0.234. The van der Waals surface area contributed by atoms with Gasteiger partial charge in [-0.25, -0.2) is 15.4 Å². The fourth-order valence-corrected chi connectivity index (χ4v) is 3.76. The van der Waals surface area contributed by atoms with E-state index < -0.39 is 5.91 Å². The van der Waals surface area contributed by atoms with Crippen LogP contribution in [0.5, 0.6) is 0 Å². The van der Waals surface area contributed by atoms with Crippen LogP contribution in [0.3, 0.4) is 0 Å². The van der Waals surface area contributed by atoms with Crippen LogP contribution in [-0.2, 0) is 16.6 Å². The van der Waals surface area contributed by atoms with Crippen molar-refractivity contribution in [2.24, 2.45) is 0 Å². The fourth-order valence-electron chi connectivity index (χ4n) is 3.76. The third kappa shape index (κ3) is 5.62. The van der Waals surface area contributed by atoms with Gasteiger partial charge in [0.25, 0.3) is 5.91 Å². The van der Waals surface area contributed by atoms with Crippen LogP contribution in [0.2, 0.25) is 0 Å². The van der Waals surface area contributed by atoms with Crippen molar-refractivity contribution in [1.82, 2.24) is 15.4 Å². The van der Waals surface area contributed by atoms with E-state index in [0.717, 1.165) is 16.6 Å². The van der Waals surface area contributed by atoms with Crippen LogP contribution < -0.4 is 16.1 Å². The molecule has 0 aliphatic rings. The summed E-state index contributed by atoms with van der Waals surface area (Å²) in [7, 11) is 0. The minimum Gasteiger partial charge on any atom is -0.340 e. The third-order valence-corrected chi connectivity index (χ3v) is 5.65. The Kier molecular flexibility index (Phi) is 6.75. The molecule has 35 heavy (non-hydrogen) atoms. The summed E-state index contributed by atoms with van der Waals surface area (Å²) in [5.41, 5.74) is 5.85. The number of amides is 2. The van der Waals surface area contributed by atoms with Gasteiger partial charge in [-0.15, -0.1) is 0 Å². The van der Waals surface area contributed by atoms with Crippen molar-refractivity contribution in [3.8, 4) is 0 Å². The molecule has 4 rings (SSSR count). The average molecular weight is 470 g/mol. The summed E-state index contributed by atoms with van der Waals surface area (Å²) in [4.78, 5) is 33.3. The molecule has 0 radical (unpaired) electrons. The van der Waals surface area contributed by atoms with Gasteiger partial charge in [0.1, 0.15) is 12.1 Å². The molecule has 4 N–H and O–H groups in total. The first-order valence-electron chi connectivity index (χ1n) is 11.2. The summed E-state index contributed by atoms with van der Waals surface area (Å²) < 4.78 is 0. The molecule has 0 atom stereocenters. The number of nitrogens with one attached hydrogen (secondary N) is 3. The van der Waals surface area contributed by atoms with Crippen LogP contribution in [-0.4, -0.2) is 27.0 Å². The second kappa shape index (κ2) is 9.90. The highest BCUT2D eigenvalue weighted by atomic mass is 16.5. The van der Waals surface area contributed by atoms with E-state index in [1.807, 2.05) is 24.3 Å². The first kappa shape index (κ1) is 23.8. The van der Waals surface area contributed by atoms with Crippen LogP contribution in [0, 0.1) is 0 Å². The molecule has 2 amide bonds. The van der Waals surface area contributed by atoms with Crippen molar-refractivity contribution in [1.29, 1.82) is 0 Å². The molecule has 8 nitrogen and oxygen atoms in total. The van der Waals surface area contributed by atoms with Gasteiger partial charge in [-0.1, -0.05) is 51.1 Å². The molecular weight excluding hydrogens is 442 g/mol. The number of nitrogens with zero attached hydrogens (tertiary/aromatic N) is 2. The maximum Gasteiger partial charge on any atom is 0.274 e. The highest BCUT2D eigenvalue weighted by Gasteiger charge is 2.15. The van der Waals surface area contributed by atoms with Crippen LogP contribution in [0.1, 0.15) is 42.3 Å². The van der Waals surface area contributed by atoms with Gasteiger partial charge in [-0.3, -0.25) is 14.8 Å². The number of carbonyl (C=O) groups excluding carboxylic acids is 2. The largest absolute Gasteiger partial charge is 0.340 e. The van der Waals surface area contributed by atoms with E-state index in [1.54, 1.807) is 35.8 Å². The molecular formula is C27H27N5O3. The van der Waals surface area contributed by atoms with Crippen LogP contribution in [0.15, 0.2) is 73.1 Å². The lowest BCUT2D eigenvalue weighted by atomic mass is 9.87. The first-order valence-corrected chi connectivity index (χ1v) is 11.2. The van der Waals surface area contributed by atoms with Crippen molar-refractivity contribution in [2.75, 3.05) is 10.6 Å². The number of aromatic nitrogens is 2. The molecule has 0 bridgehead atoms. The number of carbonyl (C=O) groups is 2. The van der Waals surface area contributed by atoms with Gasteiger partial charge < -0.3 is 10.6 Å². The molecule has 1 aromatic heterocycles. The molecule has 0 aliphatic heterocycles. The number of hydrogen-bond acceptors (Lipinski definition) is 6. The maximum absolute atomic E-state index is 12.7. The molecule has 0 spiro atoms. The first-order chi connectivity index (χ1) is 16.7. The number of rotatable bonds is 6.